The summed E-state index contributed by atoms with van der Waals surface area (Å²) in [7, 11) is 0. The summed E-state index contributed by atoms with van der Waals surface area (Å²) >= 11 is 11.9. The fraction of sp³-hybridized carbons (Fsp3) is 0.250. The minimum absolute atomic E-state index is 0.188. The molecule has 0 saturated heterocycles. The summed E-state index contributed by atoms with van der Waals surface area (Å²) in [4.78, 5) is 21.5. The van der Waals surface area contributed by atoms with Crippen molar-refractivity contribution >= 4 is 47.1 Å². The Morgan fingerprint density at radius 3 is 2.55 bits per heavy atom. The van der Waals surface area contributed by atoms with E-state index in [1.54, 1.807) is 0 Å². The van der Waals surface area contributed by atoms with Crippen LogP contribution in [0.25, 0.3) is 0 Å². The third kappa shape index (κ3) is 3.34. The van der Waals surface area contributed by atoms with Crippen LogP contribution in [0.5, 0.6) is 0 Å². The Hall–Kier alpha value is -2.19. The van der Waals surface area contributed by atoms with Gasteiger partial charge in [0, 0.05) is 5.02 Å². The van der Waals surface area contributed by atoms with Crippen LogP contribution in [-0.2, 0) is 9.47 Å². The third-order valence-corrected chi connectivity index (χ3v) is 3.33. The van der Waals surface area contributed by atoms with Crippen molar-refractivity contribution in [2.24, 2.45) is 5.10 Å². The molecule has 2 rings (SSSR count). The first-order valence-electron chi connectivity index (χ1n) is 5.87. The maximum absolute atomic E-state index is 10.9. The quantitative estimate of drug-likeness (QED) is 0.785. The molecule has 0 fully saturated rings. The lowest BCUT2D eigenvalue weighted by molar-refractivity contribution is -0.00111. The number of carboxylic acid groups (broad SMARTS) is 2. The maximum atomic E-state index is 10.9. The lowest BCUT2D eigenvalue weighted by Gasteiger charge is -2.32. The summed E-state index contributed by atoms with van der Waals surface area (Å²) in [6, 6.07) is 4.46. The second-order valence-corrected chi connectivity index (χ2v) is 5.33. The number of nitrogens with zero attached hydrogens (tertiary/aromatic N) is 2. The molecule has 8 nitrogen and oxygen atoms in total. The minimum atomic E-state index is -1.57. The summed E-state index contributed by atoms with van der Waals surface area (Å²) in [5.74, 6) is -0.220. The monoisotopic (exact) mass is 348 g/mol. The Labute approximate surface area is 134 Å². The number of carbonyl (C=O) groups is 2. The largest absolute Gasteiger partial charge is 0.512 e. The Morgan fingerprint density at radius 2 is 2.00 bits per heavy atom. The Morgan fingerprint density at radius 1 is 1.32 bits per heavy atom. The van der Waals surface area contributed by atoms with E-state index in [2.05, 4.69) is 9.84 Å². The van der Waals surface area contributed by atoms with E-state index in [0.29, 0.717) is 10.7 Å². The molecular formula is C12H10Cl2N2O6. The van der Waals surface area contributed by atoms with Crippen molar-refractivity contribution in [3.05, 3.63) is 28.2 Å². The topological polar surface area (TPSA) is 109 Å². The van der Waals surface area contributed by atoms with E-state index in [1.807, 2.05) is 0 Å². The standard InChI is InChI=1S/C12H10Cl2N2O6/c1-12(22-11(19)20)5-9(21-10(17)18)15-16(12)8-3-2-6(13)4-7(8)14/h2-4H,5H2,1H3,(H,17,18)(H,19,20). The highest BCUT2D eigenvalue weighted by molar-refractivity contribution is 6.36. The number of ether oxygens (including phenoxy) is 2. The first-order valence-corrected chi connectivity index (χ1v) is 6.62. The smallest absolute Gasteiger partial charge is 0.450 e. The van der Waals surface area contributed by atoms with Crippen molar-refractivity contribution in [2.75, 3.05) is 5.01 Å². The Bertz CT molecular complexity index is 665. The molecule has 0 saturated carbocycles. The Balaban J connectivity index is 2.43. The SMILES string of the molecule is CC1(OC(=O)O)CC(OC(=O)O)=NN1c1ccc(Cl)cc1Cl. The molecule has 0 aromatic heterocycles. The lowest BCUT2D eigenvalue weighted by atomic mass is 10.1. The molecule has 0 amide bonds. The van der Waals surface area contributed by atoms with Crippen molar-refractivity contribution in [1.82, 2.24) is 0 Å². The van der Waals surface area contributed by atoms with Gasteiger partial charge < -0.3 is 19.7 Å². The zero-order valence-electron chi connectivity index (χ0n) is 11.1. The molecule has 0 radical (unpaired) electrons. The number of hydrogen-bond donors (Lipinski definition) is 2. The third-order valence-electron chi connectivity index (χ3n) is 2.79. The summed E-state index contributed by atoms with van der Waals surface area (Å²) in [5.41, 5.74) is -1.22. The van der Waals surface area contributed by atoms with Gasteiger partial charge in [-0.2, -0.15) is 0 Å². The van der Waals surface area contributed by atoms with Gasteiger partial charge in [-0.15, -0.1) is 5.10 Å². The first kappa shape index (κ1) is 16.2. The number of benzene rings is 1. The average molecular weight is 349 g/mol. The molecule has 2 N–H and O–H groups in total. The molecule has 22 heavy (non-hydrogen) atoms. The minimum Gasteiger partial charge on any atom is -0.450 e. The fourth-order valence-corrected chi connectivity index (χ4v) is 2.48. The van der Waals surface area contributed by atoms with Crippen molar-refractivity contribution in [1.29, 1.82) is 0 Å². The lowest BCUT2D eigenvalue weighted by Crippen LogP contribution is -2.44. The van der Waals surface area contributed by atoms with Crippen LogP contribution in [0.15, 0.2) is 23.3 Å². The number of hydrogen-bond acceptors (Lipinski definition) is 6. The number of anilines is 1. The molecule has 1 heterocycles. The van der Waals surface area contributed by atoms with E-state index in [9.17, 15) is 9.59 Å². The second-order valence-electron chi connectivity index (χ2n) is 4.49. The van der Waals surface area contributed by atoms with Crippen LogP contribution in [0.3, 0.4) is 0 Å². The van der Waals surface area contributed by atoms with E-state index >= 15 is 0 Å². The van der Waals surface area contributed by atoms with E-state index in [-0.39, 0.29) is 17.3 Å². The van der Waals surface area contributed by atoms with Crippen LogP contribution >= 0.6 is 23.2 Å². The van der Waals surface area contributed by atoms with Crippen molar-refractivity contribution in [3.8, 4) is 0 Å². The second kappa shape index (κ2) is 5.90. The van der Waals surface area contributed by atoms with Gasteiger partial charge >= 0.3 is 12.3 Å². The molecule has 1 aromatic carbocycles. The van der Waals surface area contributed by atoms with Gasteiger partial charge in [-0.25, -0.2) is 14.6 Å². The predicted molar refractivity (Wildman–Crippen MR) is 77.6 cm³/mol. The van der Waals surface area contributed by atoms with Crippen molar-refractivity contribution in [2.45, 2.75) is 19.1 Å². The highest BCUT2D eigenvalue weighted by Gasteiger charge is 2.45. The van der Waals surface area contributed by atoms with Gasteiger partial charge in [0.05, 0.1) is 17.1 Å². The van der Waals surface area contributed by atoms with Crippen LogP contribution in [0.2, 0.25) is 10.0 Å². The fourth-order valence-electron chi connectivity index (χ4n) is 1.99. The predicted octanol–water partition coefficient (Wildman–Crippen LogP) is 3.62. The maximum Gasteiger partial charge on any atom is 0.512 e. The van der Waals surface area contributed by atoms with E-state index in [0.717, 1.165) is 5.01 Å². The van der Waals surface area contributed by atoms with E-state index < -0.39 is 18.0 Å². The average Bonchev–Trinajstić information content (AvgIpc) is 2.63. The van der Waals surface area contributed by atoms with Crippen molar-refractivity contribution in [3.63, 3.8) is 0 Å². The zero-order valence-corrected chi connectivity index (χ0v) is 12.6. The van der Waals surface area contributed by atoms with Gasteiger partial charge in [-0.05, 0) is 25.1 Å². The number of hydrazone groups is 1. The van der Waals surface area contributed by atoms with Crippen LogP contribution in [-0.4, -0.2) is 34.1 Å². The van der Waals surface area contributed by atoms with Crippen LogP contribution in [0.4, 0.5) is 15.3 Å². The molecule has 1 aliphatic heterocycles. The van der Waals surface area contributed by atoms with Gasteiger partial charge in [0.2, 0.25) is 11.6 Å². The number of halogens is 2. The summed E-state index contributed by atoms with van der Waals surface area (Å²) in [6.07, 6.45) is -3.32. The molecule has 1 unspecified atom stereocenters. The van der Waals surface area contributed by atoms with Gasteiger partial charge in [-0.1, -0.05) is 23.2 Å². The molecule has 0 bridgehead atoms. The molecule has 10 heteroatoms. The van der Waals surface area contributed by atoms with Gasteiger partial charge in [0.25, 0.3) is 0 Å². The molecule has 0 aliphatic carbocycles. The molecular weight excluding hydrogens is 339 g/mol. The molecule has 1 atom stereocenters. The van der Waals surface area contributed by atoms with Crippen LogP contribution in [0.1, 0.15) is 13.3 Å². The highest BCUT2D eigenvalue weighted by Crippen LogP contribution is 2.39. The molecule has 1 aromatic rings. The van der Waals surface area contributed by atoms with Crippen molar-refractivity contribution < 1.29 is 29.3 Å². The molecule has 0 spiro atoms. The van der Waals surface area contributed by atoms with Gasteiger partial charge in [-0.3, -0.25) is 0 Å². The molecule has 118 valence electrons. The van der Waals surface area contributed by atoms with Crippen LogP contribution in [0, 0.1) is 0 Å². The highest BCUT2D eigenvalue weighted by atomic mass is 35.5. The number of rotatable bonds is 2. The summed E-state index contributed by atoms with van der Waals surface area (Å²) < 4.78 is 9.31. The summed E-state index contributed by atoms with van der Waals surface area (Å²) in [5, 5.41) is 23.2. The van der Waals surface area contributed by atoms with Crippen LogP contribution < -0.4 is 5.01 Å². The normalized spacial score (nSPS) is 20.5. The van der Waals surface area contributed by atoms with E-state index in [4.69, 9.17) is 38.2 Å². The zero-order chi connectivity index (χ0) is 16.5. The van der Waals surface area contributed by atoms with Gasteiger partial charge in [0.1, 0.15) is 0 Å². The van der Waals surface area contributed by atoms with Gasteiger partial charge in [0.15, 0.2) is 0 Å². The first-order chi connectivity index (χ1) is 10.2. The summed E-state index contributed by atoms with van der Waals surface area (Å²) in [6.45, 7) is 1.41. The Kier molecular flexibility index (Phi) is 4.34. The van der Waals surface area contributed by atoms with E-state index in [1.165, 1.54) is 25.1 Å². The molecule has 1 aliphatic rings.